The van der Waals surface area contributed by atoms with Crippen LogP contribution in [0.25, 0.3) is 0 Å². The maximum atomic E-state index is 11.6. The predicted molar refractivity (Wildman–Crippen MR) is 55.9 cm³/mol. The van der Waals surface area contributed by atoms with Gasteiger partial charge in [-0.3, -0.25) is 4.79 Å². The van der Waals surface area contributed by atoms with Crippen LogP contribution in [0.15, 0.2) is 24.3 Å². The molecule has 0 radical (unpaired) electrons. The van der Waals surface area contributed by atoms with E-state index in [0.717, 1.165) is 17.7 Å². The second kappa shape index (κ2) is 3.57. The van der Waals surface area contributed by atoms with Crippen molar-refractivity contribution in [3.63, 3.8) is 0 Å². The van der Waals surface area contributed by atoms with Gasteiger partial charge in [0.2, 0.25) is 0 Å². The fraction of sp³-hybridized carbons (Fsp3) is 0.417. The first-order chi connectivity index (χ1) is 7.16. The molecule has 1 fully saturated rings. The summed E-state index contributed by atoms with van der Waals surface area (Å²) in [7, 11) is 1.62. The number of benzene rings is 1. The Morgan fingerprint density at radius 3 is 2.87 bits per heavy atom. The highest BCUT2D eigenvalue weighted by Gasteiger charge is 2.41. The molecule has 0 unspecified atom stereocenters. The number of ether oxygens (including phenoxy) is 2. The number of hydrogen-bond acceptors (Lipinski definition) is 3. The summed E-state index contributed by atoms with van der Waals surface area (Å²) in [4.78, 5) is 11.6. The fourth-order valence-corrected chi connectivity index (χ4v) is 1.84. The molecule has 0 spiro atoms. The van der Waals surface area contributed by atoms with Crippen molar-refractivity contribution in [3.8, 4) is 5.75 Å². The van der Waals surface area contributed by atoms with Crippen LogP contribution in [-0.2, 0) is 14.9 Å². The summed E-state index contributed by atoms with van der Waals surface area (Å²) < 4.78 is 10.2. The van der Waals surface area contributed by atoms with E-state index in [1.807, 2.05) is 31.2 Å². The second-order valence-corrected chi connectivity index (χ2v) is 3.95. The lowest BCUT2D eigenvalue weighted by Crippen LogP contribution is -2.27. The molecule has 0 amide bonds. The van der Waals surface area contributed by atoms with Crippen LogP contribution in [0.4, 0.5) is 0 Å². The zero-order valence-corrected chi connectivity index (χ0v) is 8.95. The van der Waals surface area contributed by atoms with Gasteiger partial charge in [-0.05, 0) is 24.6 Å². The van der Waals surface area contributed by atoms with Crippen LogP contribution in [0.2, 0.25) is 0 Å². The molecular formula is C12H14O3. The Bertz CT molecular complexity index is 386. The Morgan fingerprint density at radius 2 is 2.27 bits per heavy atom. The molecule has 3 heteroatoms. The van der Waals surface area contributed by atoms with E-state index in [9.17, 15) is 4.79 Å². The van der Waals surface area contributed by atoms with E-state index in [-0.39, 0.29) is 5.97 Å². The Morgan fingerprint density at radius 1 is 1.47 bits per heavy atom. The molecule has 1 aliphatic heterocycles. The molecule has 1 aromatic carbocycles. The largest absolute Gasteiger partial charge is 0.497 e. The van der Waals surface area contributed by atoms with Gasteiger partial charge in [0.15, 0.2) is 0 Å². The van der Waals surface area contributed by atoms with Crippen molar-refractivity contribution in [2.75, 3.05) is 13.7 Å². The lowest BCUT2D eigenvalue weighted by molar-refractivity contribution is -0.142. The Hall–Kier alpha value is -1.51. The Kier molecular flexibility index (Phi) is 2.39. The van der Waals surface area contributed by atoms with Gasteiger partial charge in [-0.15, -0.1) is 0 Å². The standard InChI is InChI=1S/C12H14O3/c1-12(6-7-15-11(12)13)9-4-3-5-10(8-9)14-2/h3-5,8H,6-7H2,1-2H3/t12-/m1/s1. The number of methoxy groups -OCH3 is 1. The van der Waals surface area contributed by atoms with Crippen molar-refractivity contribution < 1.29 is 14.3 Å². The fourth-order valence-electron chi connectivity index (χ4n) is 1.84. The van der Waals surface area contributed by atoms with Crippen molar-refractivity contribution in [2.45, 2.75) is 18.8 Å². The second-order valence-electron chi connectivity index (χ2n) is 3.95. The third kappa shape index (κ3) is 1.58. The monoisotopic (exact) mass is 206 g/mol. The Labute approximate surface area is 89.0 Å². The highest BCUT2D eigenvalue weighted by Crippen LogP contribution is 2.35. The van der Waals surface area contributed by atoms with E-state index in [1.165, 1.54) is 0 Å². The minimum absolute atomic E-state index is 0.143. The van der Waals surface area contributed by atoms with Gasteiger partial charge in [0, 0.05) is 6.42 Å². The molecule has 2 rings (SSSR count). The van der Waals surface area contributed by atoms with E-state index in [2.05, 4.69) is 0 Å². The maximum Gasteiger partial charge on any atom is 0.316 e. The first kappa shape index (κ1) is 10.0. The van der Waals surface area contributed by atoms with Crippen LogP contribution in [0.1, 0.15) is 18.9 Å². The molecule has 0 bridgehead atoms. The van der Waals surface area contributed by atoms with Gasteiger partial charge < -0.3 is 9.47 Å². The smallest absolute Gasteiger partial charge is 0.316 e. The summed E-state index contributed by atoms with van der Waals surface area (Å²) in [6.45, 7) is 2.42. The van der Waals surface area contributed by atoms with Crippen LogP contribution in [0.5, 0.6) is 5.75 Å². The van der Waals surface area contributed by atoms with Crippen molar-refractivity contribution in [3.05, 3.63) is 29.8 Å². The molecule has 3 nitrogen and oxygen atoms in total. The molecule has 1 saturated heterocycles. The number of carbonyl (C=O) groups is 1. The molecular weight excluding hydrogens is 192 g/mol. The average Bonchev–Trinajstić information content (AvgIpc) is 2.61. The van der Waals surface area contributed by atoms with E-state index < -0.39 is 5.41 Å². The van der Waals surface area contributed by atoms with Crippen LogP contribution in [-0.4, -0.2) is 19.7 Å². The first-order valence-corrected chi connectivity index (χ1v) is 4.98. The number of cyclic esters (lactones) is 1. The SMILES string of the molecule is COc1cccc([C@@]2(C)CCOC2=O)c1. The van der Waals surface area contributed by atoms with Gasteiger partial charge in [0.05, 0.1) is 19.1 Å². The van der Waals surface area contributed by atoms with Crippen molar-refractivity contribution in [1.82, 2.24) is 0 Å². The number of rotatable bonds is 2. The summed E-state index contributed by atoms with van der Waals surface area (Å²) in [5.41, 5.74) is 0.457. The van der Waals surface area contributed by atoms with Gasteiger partial charge >= 0.3 is 5.97 Å². The summed E-state index contributed by atoms with van der Waals surface area (Å²) in [5.74, 6) is 0.629. The van der Waals surface area contributed by atoms with Crippen molar-refractivity contribution >= 4 is 5.97 Å². The van der Waals surface area contributed by atoms with Gasteiger partial charge in [0.1, 0.15) is 5.75 Å². The highest BCUT2D eigenvalue weighted by molar-refractivity contribution is 5.84. The molecule has 15 heavy (non-hydrogen) atoms. The van der Waals surface area contributed by atoms with Crippen LogP contribution in [0, 0.1) is 0 Å². The van der Waals surface area contributed by atoms with Crippen molar-refractivity contribution in [1.29, 1.82) is 0 Å². The maximum absolute atomic E-state index is 11.6. The van der Waals surface area contributed by atoms with E-state index in [1.54, 1.807) is 7.11 Å². The number of carbonyl (C=O) groups excluding carboxylic acids is 1. The highest BCUT2D eigenvalue weighted by atomic mass is 16.5. The molecule has 1 aliphatic rings. The number of hydrogen-bond donors (Lipinski definition) is 0. The van der Waals surface area contributed by atoms with Gasteiger partial charge in [-0.1, -0.05) is 12.1 Å². The predicted octanol–water partition coefficient (Wildman–Crippen LogP) is 1.90. The van der Waals surface area contributed by atoms with Crippen LogP contribution in [0.3, 0.4) is 0 Å². The normalized spacial score (nSPS) is 25.1. The topological polar surface area (TPSA) is 35.5 Å². The zero-order chi connectivity index (χ0) is 10.9. The lowest BCUT2D eigenvalue weighted by atomic mass is 9.81. The summed E-state index contributed by atoms with van der Waals surface area (Å²) >= 11 is 0. The molecule has 0 N–H and O–H groups in total. The molecule has 1 aromatic rings. The quantitative estimate of drug-likeness (QED) is 0.693. The molecule has 80 valence electrons. The molecule has 0 aliphatic carbocycles. The molecule has 0 saturated carbocycles. The van der Waals surface area contributed by atoms with Gasteiger partial charge in [0.25, 0.3) is 0 Å². The molecule has 1 heterocycles. The summed E-state index contributed by atoms with van der Waals surface area (Å²) in [5, 5.41) is 0. The molecule has 0 aromatic heterocycles. The van der Waals surface area contributed by atoms with Crippen molar-refractivity contribution in [2.24, 2.45) is 0 Å². The van der Waals surface area contributed by atoms with Gasteiger partial charge in [-0.2, -0.15) is 0 Å². The minimum atomic E-state index is -0.505. The van der Waals surface area contributed by atoms with Gasteiger partial charge in [-0.25, -0.2) is 0 Å². The first-order valence-electron chi connectivity index (χ1n) is 4.98. The Balaban J connectivity index is 2.39. The summed E-state index contributed by atoms with van der Waals surface area (Å²) in [6, 6.07) is 7.60. The average molecular weight is 206 g/mol. The number of esters is 1. The van der Waals surface area contributed by atoms with Crippen LogP contribution >= 0.6 is 0 Å². The lowest BCUT2D eigenvalue weighted by Gasteiger charge is -2.19. The third-order valence-electron chi connectivity index (χ3n) is 2.99. The van der Waals surface area contributed by atoms with E-state index in [0.29, 0.717) is 6.61 Å². The van der Waals surface area contributed by atoms with Crippen LogP contribution < -0.4 is 4.74 Å². The zero-order valence-electron chi connectivity index (χ0n) is 8.95. The van der Waals surface area contributed by atoms with E-state index >= 15 is 0 Å². The molecule has 1 atom stereocenters. The minimum Gasteiger partial charge on any atom is -0.497 e. The van der Waals surface area contributed by atoms with E-state index in [4.69, 9.17) is 9.47 Å². The third-order valence-corrected chi connectivity index (χ3v) is 2.99. The summed E-state index contributed by atoms with van der Waals surface area (Å²) in [6.07, 6.45) is 0.735.